The van der Waals surface area contributed by atoms with E-state index in [0.717, 1.165) is 36.6 Å². The number of likely N-dealkylation sites (tertiary alicyclic amines) is 1. The Morgan fingerprint density at radius 3 is 2.41 bits per heavy atom. The molecule has 1 N–H and O–H groups in total. The quantitative estimate of drug-likeness (QED) is 0.251. The van der Waals surface area contributed by atoms with E-state index in [-0.39, 0.29) is 64.0 Å². The number of benzene rings is 2. The van der Waals surface area contributed by atoms with Crippen LogP contribution in [0.1, 0.15) is 68.8 Å². The fraction of sp³-hybridized carbons (Fsp3) is 0.514. The van der Waals surface area contributed by atoms with Gasteiger partial charge in [-0.3, -0.25) is 14.4 Å². The molecule has 0 radical (unpaired) electrons. The number of hydrogen-bond donors (Lipinski definition) is 1. The van der Waals surface area contributed by atoms with Gasteiger partial charge in [-0.25, -0.2) is 0 Å². The topological polar surface area (TPSA) is 99.1 Å². The first-order valence-electron chi connectivity index (χ1n) is 15.8. The van der Waals surface area contributed by atoms with Crippen molar-refractivity contribution in [1.82, 2.24) is 9.47 Å². The summed E-state index contributed by atoms with van der Waals surface area (Å²) >= 11 is 13.2. The van der Waals surface area contributed by atoms with Crippen molar-refractivity contribution in [2.24, 2.45) is 13.0 Å². The van der Waals surface area contributed by atoms with Crippen LogP contribution in [0.25, 0.3) is 10.9 Å². The molecule has 2 aromatic carbocycles. The zero-order chi connectivity index (χ0) is 33.2. The fourth-order valence-corrected chi connectivity index (χ4v) is 6.90. The molecule has 2 fully saturated rings. The van der Waals surface area contributed by atoms with Crippen LogP contribution >= 0.6 is 23.2 Å². The van der Waals surface area contributed by atoms with E-state index < -0.39 is 5.60 Å². The van der Waals surface area contributed by atoms with Crippen molar-refractivity contribution in [1.29, 1.82) is 0 Å². The first kappa shape index (κ1) is 34.2. The number of fused-ring (bicyclic) bond motifs is 1. The first-order chi connectivity index (χ1) is 21.8. The summed E-state index contributed by atoms with van der Waals surface area (Å²) in [5.74, 6) is -0.749. The lowest BCUT2D eigenvalue weighted by molar-refractivity contribution is -0.162. The minimum Gasteiger partial charge on any atom is -0.460 e. The normalized spacial score (nSPS) is 21.8. The zero-order valence-corrected chi connectivity index (χ0v) is 28.6. The summed E-state index contributed by atoms with van der Waals surface area (Å²) < 4.78 is 19.4. The number of esters is 1. The SMILES string of the molecule is CO[C@H]1C[C@@H](COC2CCC(C(=O)OC(C)(C)C)CC2)N(C(=O)Cc2cc(Cl)c(C(=O)Nc3cn(C)c4ccccc34)cc2Cl)C1. The van der Waals surface area contributed by atoms with E-state index in [1.54, 1.807) is 18.1 Å². The van der Waals surface area contributed by atoms with Gasteiger partial charge in [-0.2, -0.15) is 0 Å². The lowest BCUT2D eigenvalue weighted by Gasteiger charge is -2.31. The average molecular weight is 673 g/mol. The maximum absolute atomic E-state index is 13.6. The van der Waals surface area contributed by atoms with E-state index in [9.17, 15) is 14.4 Å². The molecular weight excluding hydrogens is 629 g/mol. The molecule has 1 aliphatic heterocycles. The number of halogens is 2. The highest BCUT2D eigenvalue weighted by atomic mass is 35.5. The molecule has 0 spiro atoms. The molecule has 2 heterocycles. The van der Waals surface area contributed by atoms with Gasteiger partial charge in [0.2, 0.25) is 5.91 Å². The second-order valence-electron chi connectivity index (χ2n) is 13.4. The Balaban J connectivity index is 1.19. The number of hydrogen-bond acceptors (Lipinski definition) is 6. The van der Waals surface area contributed by atoms with Crippen molar-refractivity contribution in [3.05, 3.63) is 63.8 Å². The molecular formula is C35H43Cl2N3O6. The van der Waals surface area contributed by atoms with Gasteiger partial charge in [-0.05, 0) is 76.6 Å². The number of aryl methyl sites for hydroxylation is 1. The lowest BCUT2D eigenvalue weighted by Crippen LogP contribution is -2.40. The van der Waals surface area contributed by atoms with Crippen molar-refractivity contribution < 1.29 is 28.6 Å². The second-order valence-corrected chi connectivity index (χ2v) is 14.2. The first-order valence-corrected chi connectivity index (χ1v) is 16.6. The van der Waals surface area contributed by atoms with Gasteiger partial charge >= 0.3 is 5.97 Å². The summed E-state index contributed by atoms with van der Waals surface area (Å²) in [6.07, 6.45) is 5.46. The van der Waals surface area contributed by atoms with Crippen molar-refractivity contribution >= 4 is 57.6 Å². The molecule has 2 amide bonds. The van der Waals surface area contributed by atoms with Gasteiger partial charge < -0.3 is 29.0 Å². The Kier molecular flexibility index (Phi) is 10.7. The molecule has 2 atom stereocenters. The van der Waals surface area contributed by atoms with Gasteiger partial charge in [0.05, 0.1) is 53.5 Å². The summed E-state index contributed by atoms with van der Waals surface area (Å²) in [6.45, 7) is 6.48. The van der Waals surface area contributed by atoms with Crippen LogP contribution in [-0.2, 0) is 37.3 Å². The summed E-state index contributed by atoms with van der Waals surface area (Å²) in [4.78, 5) is 41.1. The van der Waals surface area contributed by atoms with Gasteiger partial charge in [0.25, 0.3) is 5.91 Å². The molecule has 248 valence electrons. The Morgan fingerprint density at radius 1 is 1.00 bits per heavy atom. The van der Waals surface area contributed by atoms with Crippen LogP contribution in [0.5, 0.6) is 0 Å². The number of carbonyl (C=O) groups is 3. The van der Waals surface area contributed by atoms with E-state index in [4.69, 9.17) is 37.4 Å². The molecule has 5 rings (SSSR count). The maximum atomic E-state index is 13.6. The molecule has 2 aliphatic rings. The second kappa shape index (κ2) is 14.3. The molecule has 3 aromatic rings. The van der Waals surface area contributed by atoms with Crippen LogP contribution < -0.4 is 5.32 Å². The smallest absolute Gasteiger partial charge is 0.309 e. The van der Waals surface area contributed by atoms with Crippen LogP contribution in [-0.4, -0.2) is 71.4 Å². The number of aromatic nitrogens is 1. The Bertz CT molecular complexity index is 1590. The molecule has 0 bridgehead atoms. The van der Waals surface area contributed by atoms with Crippen molar-refractivity contribution in [2.75, 3.05) is 25.6 Å². The van der Waals surface area contributed by atoms with E-state index in [2.05, 4.69) is 5.32 Å². The molecule has 1 saturated carbocycles. The average Bonchev–Trinajstić information content (AvgIpc) is 3.57. The van der Waals surface area contributed by atoms with Gasteiger partial charge in [-0.15, -0.1) is 0 Å². The van der Waals surface area contributed by atoms with E-state index in [1.807, 2.05) is 62.8 Å². The van der Waals surface area contributed by atoms with Crippen molar-refractivity contribution in [3.63, 3.8) is 0 Å². The number of amides is 2. The monoisotopic (exact) mass is 671 g/mol. The van der Waals surface area contributed by atoms with Crippen LogP contribution in [0, 0.1) is 5.92 Å². The highest BCUT2D eigenvalue weighted by Gasteiger charge is 2.37. The van der Waals surface area contributed by atoms with Crippen molar-refractivity contribution in [3.8, 4) is 0 Å². The minimum atomic E-state index is -0.495. The van der Waals surface area contributed by atoms with E-state index >= 15 is 0 Å². The lowest BCUT2D eigenvalue weighted by atomic mass is 9.87. The van der Waals surface area contributed by atoms with Crippen LogP contribution in [0.15, 0.2) is 42.6 Å². The fourth-order valence-electron chi connectivity index (χ4n) is 6.40. The number of para-hydroxylation sites is 1. The number of nitrogens with zero attached hydrogens (tertiary/aromatic N) is 2. The van der Waals surface area contributed by atoms with Gasteiger partial charge in [0.1, 0.15) is 5.60 Å². The van der Waals surface area contributed by atoms with Crippen LogP contribution in [0.4, 0.5) is 5.69 Å². The molecule has 9 nitrogen and oxygen atoms in total. The summed E-state index contributed by atoms with van der Waals surface area (Å²) in [5, 5.41) is 4.35. The number of rotatable bonds is 9. The Labute approximate surface area is 280 Å². The highest BCUT2D eigenvalue weighted by Crippen LogP contribution is 2.32. The summed E-state index contributed by atoms with van der Waals surface area (Å²) in [7, 11) is 3.56. The van der Waals surface area contributed by atoms with Crippen LogP contribution in [0.3, 0.4) is 0 Å². The van der Waals surface area contributed by atoms with E-state index in [0.29, 0.717) is 30.8 Å². The van der Waals surface area contributed by atoms with Gasteiger partial charge in [0.15, 0.2) is 0 Å². The zero-order valence-electron chi connectivity index (χ0n) is 27.1. The maximum Gasteiger partial charge on any atom is 0.309 e. The molecule has 46 heavy (non-hydrogen) atoms. The predicted molar refractivity (Wildman–Crippen MR) is 179 cm³/mol. The third kappa shape index (κ3) is 8.05. The highest BCUT2D eigenvalue weighted by molar-refractivity contribution is 6.37. The summed E-state index contributed by atoms with van der Waals surface area (Å²) in [6, 6.07) is 10.7. The number of anilines is 1. The molecule has 1 saturated heterocycles. The molecule has 11 heteroatoms. The van der Waals surface area contributed by atoms with Gasteiger partial charge in [-0.1, -0.05) is 41.4 Å². The largest absolute Gasteiger partial charge is 0.460 e. The predicted octanol–water partition coefficient (Wildman–Crippen LogP) is 6.81. The van der Waals surface area contributed by atoms with Crippen LogP contribution in [0.2, 0.25) is 10.0 Å². The Morgan fingerprint density at radius 2 is 1.72 bits per heavy atom. The number of nitrogens with one attached hydrogen (secondary N) is 1. The number of ether oxygens (including phenoxy) is 3. The number of carbonyl (C=O) groups excluding carboxylic acids is 3. The van der Waals surface area contributed by atoms with Crippen molar-refractivity contribution in [2.45, 2.75) is 83.1 Å². The third-order valence-corrected chi connectivity index (χ3v) is 9.50. The van der Waals surface area contributed by atoms with Gasteiger partial charge in [0, 0.05) is 42.8 Å². The molecule has 1 aliphatic carbocycles. The standard InChI is InChI=1S/C35H43Cl2N3O6/c1-35(2,3)46-34(43)21-10-12-24(13-11-21)45-20-23-16-25(44-5)18-40(23)32(41)15-22-14-29(37)27(17-28(22)36)33(42)38-30-19-39(4)31-9-7-6-8-26(30)31/h6-9,14,17,19,21,23-25H,10-13,15-16,18,20H2,1-5H3,(H,38,42)/t21?,23-,24?,25-/m0/s1. The Hall–Kier alpha value is -3.11. The van der Waals surface area contributed by atoms with E-state index in [1.165, 1.54) is 6.07 Å². The third-order valence-electron chi connectivity index (χ3n) is 8.84. The minimum absolute atomic E-state index is 0.0255. The summed E-state index contributed by atoms with van der Waals surface area (Å²) in [5.41, 5.74) is 1.93. The number of methoxy groups -OCH3 is 1. The molecule has 0 unspecified atom stereocenters. The molecule has 1 aromatic heterocycles.